The average molecular weight is 348 g/mol. The van der Waals surface area contributed by atoms with Crippen LogP contribution < -0.4 is 5.32 Å². The number of aliphatic hydroxyl groups is 1. The summed E-state index contributed by atoms with van der Waals surface area (Å²) in [5, 5.41) is 13.4. The fourth-order valence-electron chi connectivity index (χ4n) is 3.18. The summed E-state index contributed by atoms with van der Waals surface area (Å²) in [6.45, 7) is 10.6. The van der Waals surface area contributed by atoms with E-state index >= 15 is 0 Å². The molecule has 2 atom stereocenters. The number of piperidine rings is 1. The molecular weight excluding hydrogens is 316 g/mol. The van der Waals surface area contributed by atoms with E-state index in [1.54, 1.807) is 0 Å². The van der Waals surface area contributed by atoms with Gasteiger partial charge in [0.25, 0.3) is 0 Å². The van der Waals surface area contributed by atoms with Gasteiger partial charge >= 0.3 is 6.09 Å². The van der Waals surface area contributed by atoms with E-state index < -0.39 is 17.8 Å². The summed E-state index contributed by atoms with van der Waals surface area (Å²) in [6, 6.07) is 10.3. The lowest BCUT2D eigenvalue weighted by molar-refractivity contribution is -0.0424. The first kappa shape index (κ1) is 19.7. The molecule has 1 aromatic carbocycles. The molecule has 1 aliphatic rings. The first-order valence-corrected chi connectivity index (χ1v) is 9.09. The summed E-state index contributed by atoms with van der Waals surface area (Å²) in [4.78, 5) is 14.0. The number of hydrogen-bond acceptors (Lipinski definition) is 4. The Balaban J connectivity index is 1.78. The molecule has 1 heterocycles. The Morgan fingerprint density at radius 3 is 2.64 bits per heavy atom. The van der Waals surface area contributed by atoms with Crippen LogP contribution in [-0.4, -0.2) is 47.4 Å². The molecule has 0 bridgehead atoms. The molecular formula is C20H32N2O3. The minimum absolute atomic E-state index is 0.178. The molecule has 0 unspecified atom stereocenters. The van der Waals surface area contributed by atoms with Crippen molar-refractivity contribution < 1.29 is 14.6 Å². The van der Waals surface area contributed by atoms with Gasteiger partial charge in [-0.1, -0.05) is 37.3 Å². The standard InChI is InChI=1S/C20H32N2O3/c1-19(2,3)25-18(24)21-12-10-20(4)11-13-22(15-17(20)23)14-16-8-6-5-7-9-16/h5-9,17,23H,10-15H2,1-4H3,(H,21,24)/t17-,20-/m1/s1. The smallest absolute Gasteiger partial charge is 0.407 e. The fraction of sp³-hybridized carbons (Fsp3) is 0.650. The van der Waals surface area contributed by atoms with E-state index in [4.69, 9.17) is 4.74 Å². The molecule has 0 saturated carbocycles. The highest BCUT2D eigenvalue weighted by Gasteiger charge is 2.37. The Hall–Kier alpha value is -1.59. The van der Waals surface area contributed by atoms with Crippen LogP contribution >= 0.6 is 0 Å². The van der Waals surface area contributed by atoms with Crippen LogP contribution in [0.1, 0.15) is 46.1 Å². The molecule has 140 valence electrons. The summed E-state index contributed by atoms with van der Waals surface area (Å²) in [5.41, 5.74) is 0.600. The molecule has 1 aliphatic heterocycles. The Morgan fingerprint density at radius 2 is 2.04 bits per heavy atom. The van der Waals surface area contributed by atoms with E-state index in [0.717, 1.165) is 25.9 Å². The summed E-state index contributed by atoms with van der Waals surface area (Å²) in [5.74, 6) is 0. The predicted octanol–water partition coefficient (Wildman–Crippen LogP) is 3.17. The molecule has 1 saturated heterocycles. The minimum atomic E-state index is -0.490. The second-order valence-electron chi connectivity index (χ2n) is 8.32. The lowest BCUT2D eigenvalue weighted by atomic mass is 9.75. The third kappa shape index (κ3) is 6.33. The molecule has 0 radical (unpaired) electrons. The Bertz CT molecular complexity index is 556. The monoisotopic (exact) mass is 348 g/mol. The highest BCUT2D eigenvalue weighted by Crippen LogP contribution is 2.34. The topological polar surface area (TPSA) is 61.8 Å². The van der Waals surface area contributed by atoms with Crippen molar-refractivity contribution >= 4 is 6.09 Å². The zero-order valence-electron chi connectivity index (χ0n) is 15.9. The maximum Gasteiger partial charge on any atom is 0.407 e. The van der Waals surface area contributed by atoms with Gasteiger partial charge in [0, 0.05) is 19.6 Å². The van der Waals surface area contributed by atoms with Gasteiger partial charge in [-0.25, -0.2) is 4.79 Å². The van der Waals surface area contributed by atoms with E-state index in [0.29, 0.717) is 13.1 Å². The number of likely N-dealkylation sites (tertiary alicyclic amines) is 1. The highest BCUT2D eigenvalue weighted by molar-refractivity contribution is 5.67. The maximum absolute atomic E-state index is 11.7. The van der Waals surface area contributed by atoms with Gasteiger partial charge < -0.3 is 15.2 Å². The minimum Gasteiger partial charge on any atom is -0.444 e. The molecule has 0 aliphatic carbocycles. The van der Waals surface area contributed by atoms with Crippen molar-refractivity contribution in [1.82, 2.24) is 10.2 Å². The van der Waals surface area contributed by atoms with Gasteiger partial charge in [-0.05, 0) is 51.1 Å². The van der Waals surface area contributed by atoms with Gasteiger partial charge in [0.15, 0.2) is 0 Å². The molecule has 5 heteroatoms. The van der Waals surface area contributed by atoms with Gasteiger partial charge in [0.2, 0.25) is 0 Å². The molecule has 0 aromatic heterocycles. The third-order valence-electron chi connectivity index (χ3n) is 4.85. The number of alkyl carbamates (subject to hydrolysis) is 1. The van der Waals surface area contributed by atoms with Crippen molar-refractivity contribution in [3.05, 3.63) is 35.9 Å². The molecule has 2 rings (SSSR count). The van der Waals surface area contributed by atoms with Gasteiger partial charge in [0.1, 0.15) is 5.60 Å². The predicted molar refractivity (Wildman–Crippen MR) is 99.3 cm³/mol. The van der Waals surface area contributed by atoms with E-state index in [1.165, 1.54) is 5.56 Å². The van der Waals surface area contributed by atoms with Crippen LogP contribution in [0.2, 0.25) is 0 Å². The molecule has 1 fully saturated rings. The fourth-order valence-corrected chi connectivity index (χ4v) is 3.18. The SMILES string of the molecule is CC(C)(C)OC(=O)NCC[C@]1(C)CCN(Cc2ccccc2)C[C@H]1O. The number of aliphatic hydroxyl groups excluding tert-OH is 1. The van der Waals surface area contributed by atoms with Gasteiger partial charge in [-0.2, -0.15) is 0 Å². The summed E-state index contributed by atoms with van der Waals surface area (Å²) in [7, 11) is 0. The van der Waals surface area contributed by atoms with Gasteiger partial charge in [-0.3, -0.25) is 4.90 Å². The average Bonchev–Trinajstić information content (AvgIpc) is 2.51. The second kappa shape index (κ2) is 8.19. The van der Waals surface area contributed by atoms with E-state index in [-0.39, 0.29) is 5.41 Å². The van der Waals surface area contributed by atoms with Crippen LogP contribution in [0.15, 0.2) is 30.3 Å². The van der Waals surface area contributed by atoms with Crippen LogP contribution in [0.4, 0.5) is 4.79 Å². The molecule has 2 N–H and O–H groups in total. The van der Waals surface area contributed by atoms with Gasteiger partial charge in [-0.15, -0.1) is 0 Å². The maximum atomic E-state index is 11.7. The number of nitrogens with zero attached hydrogens (tertiary/aromatic N) is 1. The first-order valence-electron chi connectivity index (χ1n) is 9.09. The molecule has 25 heavy (non-hydrogen) atoms. The van der Waals surface area contributed by atoms with E-state index in [2.05, 4.69) is 29.3 Å². The quantitative estimate of drug-likeness (QED) is 0.858. The number of rotatable bonds is 5. The number of amides is 1. The van der Waals surface area contributed by atoms with Crippen LogP contribution in [0.5, 0.6) is 0 Å². The number of ether oxygens (including phenoxy) is 1. The number of nitrogens with one attached hydrogen (secondary N) is 1. The number of benzene rings is 1. The Morgan fingerprint density at radius 1 is 1.36 bits per heavy atom. The lowest BCUT2D eigenvalue weighted by Gasteiger charge is -2.43. The Kier molecular flexibility index (Phi) is 6.47. The first-order chi connectivity index (χ1) is 11.7. The van der Waals surface area contributed by atoms with Crippen molar-refractivity contribution in [2.45, 2.75) is 58.8 Å². The van der Waals surface area contributed by atoms with Crippen LogP contribution in [-0.2, 0) is 11.3 Å². The normalized spacial score (nSPS) is 24.8. The van der Waals surface area contributed by atoms with Crippen molar-refractivity contribution in [1.29, 1.82) is 0 Å². The van der Waals surface area contributed by atoms with E-state index in [9.17, 15) is 9.90 Å². The molecule has 5 nitrogen and oxygen atoms in total. The number of β-amino-alcohol motifs (C(OH)–C–C–N with tert-alkyl or cyclic N) is 1. The number of carbonyl (C=O) groups is 1. The number of hydrogen-bond donors (Lipinski definition) is 2. The molecule has 0 spiro atoms. The molecule has 1 amide bonds. The summed E-state index contributed by atoms with van der Waals surface area (Å²) < 4.78 is 5.25. The van der Waals surface area contributed by atoms with Crippen molar-refractivity contribution in [2.24, 2.45) is 5.41 Å². The Labute approximate surface area is 151 Å². The van der Waals surface area contributed by atoms with Crippen molar-refractivity contribution in [3.63, 3.8) is 0 Å². The molecule has 1 aromatic rings. The van der Waals surface area contributed by atoms with Crippen molar-refractivity contribution in [3.8, 4) is 0 Å². The zero-order valence-corrected chi connectivity index (χ0v) is 15.9. The van der Waals surface area contributed by atoms with Crippen LogP contribution in [0, 0.1) is 5.41 Å². The van der Waals surface area contributed by atoms with Gasteiger partial charge in [0.05, 0.1) is 6.10 Å². The van der Waals surface area contributed by atoms with Crippen LogP contribution in [0.25, 0.3) is 0 Å². The zero-order chi connectivity index (χ0) is 18.5. The lowest BCUT2D eigenvalue weighted by Crippen LogP contribution is -2.50. The van der Waals surface area contributed by atoms with Crippen LogP contribution in [0.3, 0.4) is 0 Å². The number of carbonyl (C=O) groups excluding carboxylic acids is 1. The summed E-state index contributed by atoms with van der Waals surface area (Å²) in [6.07, 6.45) is 0.862. The third-order valence-corrected chi connectivity index (χ3v) is 4.85. The largest absolute Gasteiger partial charge is 0.444 e. The van der Waals surface area contributed by atoms with E-state index in [1.807, 2.05) is 39.0 Å². The van der Waals surface area contributed by atoms with Crippen molar-refractivity contribution in [2.75, 3.05) is 19.6 Å². The second-order valence-corrected chi connectivity index (χ2v) is 8.32. The highest BCUT2D eigenvalue weighted by atomic mass is 16.6. The summed E-state index contributed by atoms with van der Waals surface area (Å²) >= 11 is 0.